The van der Waals surface area contributed by atoms with E-state index in [1.54, 1.807) is 30.0 Å². The highest BCUT2D eigenvalue weighted by molar-refractivity contribution is 8.18. The number of aliphatic carboxylic acids is 1. The largest absolute Gasteiger partial charge is 0.477 e. The number of nitrogens with zero attached hydrogens (tertiary/aromatic N) is 2. The highest BCUT2D eigenvalue weighted by Crippen LogP contribution is 2.56. The van der Waals surface area contributed by atoms with Crippen LogP contribution in [0.1, 0.15) is 37.9 Å². The predicted molar refractivity (Wildman–Crippen MR) is 119 cm³/mol. The van der Waals surface area contributed by atoms with Crippen molar-refractivity contribution >= 4 is 46.1 Å². The number of carbonyl (C=O) groups is 1. The molecule has 2 heterocycles. The van der Waals surface area contributed by atoms with Crippen LogP contribution in [0.15, 0.2) is 52.0 Å². The summed E-state index contributed by atoms with van der Waals surface area (Å²) in [7, 11) is 0. The first-order valence-corrected chi connectivity index (χ1v) is 11.1. The summed E-state index contributed by atoms with van der Waals surface area (Å²) in [5, 5.41) is 10.4. The highest BCUT2D eigenvalue weighted by atomic mass is 35.5. The number of halogens is 4. The van der Waals surface area contributed by atoms with Gasteiger partial charge in [0, 0.05) is 16.3 Å². The first-order valence-electron chi connectivity index (χ1n) is 9.49. The summed E-state index contributed by atoms with van der Waals surface area (Å²) in [6.07, 6.45) is 0. The molecule has 2 aliphatic rings. The molecule has 0 spiro atoms. The molecular formula is C22H18Cl2F2N2O2S. The lowest BCUT2D eigenvalue weighted by Crippen LogP contribution is -2.36. The van der Waals surface area contributed by atoms with E-state index in [0.717, 1.165) is 11.8 Å². The molecule has 0 bridgehead atoms. The molecule has 0 saturated heterocycles. The third-order valence-electron chi connectivity index (χ3n) is 5.49. The quantitative estimate of drug-likeness (QED) is 0.533. The lowest BCUT2D eigenvalue weighted by Gasteiger charge is -2.37. The van der Waals surface area contributed by atoms with Gasteiger partial charge in [0.25, 0.3) is 0 Å². The highest BCUT2D eigenvalue weighted by Gasteiger charge is 2.54. The zero-order valence-electron chi connectivity index (χ0n) is 16.8. The smallest absolute Gasteiger partial charge is 0.344 e. The van der Waals surface area contributed by atoms with Gasteiger partial charge in [-0.2, -0.15) is 0 Å². The van der Waals surface area contributed by atoms with E-state index in [1.807, 2.05) is 13.8 Å². The minimum Gasteiger partial charge on any atom is -0.477 e. The Balaban J connectivity index is 1.97. The van der Waals surface area contributed by atoms with Crippen LogP contribution in [0, 0.1) is 17.6 Å². The van der Waals surface area contributed by atoms with Crippen LogP contribution in [-0.4, -0.2) is 21.1 Å². The van der Waals surface area contributed by atoms with Gasteiger partial charge in [0.15, 0.2) is 5.17 Å². The Labute approximate surface area is 192 Å². The molecule has 0 aromatic heterocycles. The van der Waals surface area contributed by atoms with E-state index >= 15 is 4.39 Å². The van der Waals surface area contributed by atoms with Gasteiger partial charge in [-0.1, -0.05) is 49.2 Å². The van der Waals surface area contributed by atoms with E-state index in [9.17, 15) is 14.3 Å². The Hall–Kier alpha value is -2.09. The van der Waals surface area contributed by atoms with Gasteiger partial charge in [-0.25, -0.2) is 18.6 Å². The summed E-state index contributed by atoms with van der Waals surface area (Å²) in [5.41, 5.74) is 0.166. The van der Waals surface area contributed by atoms with Gasteiger partial charge in [-0.3, -0.25) is 0 Å². The fourth-order valence-electron chi connectivity index (χ4n) is 4.20. The second-order valence-corrected chi connectivity index (χ2v) is 9.71. The molecule has 162 valence electrons. The van der Waals surface area contributed by atoms with E-state index in [2.05, 4.69) is 0 Å². The van der Waals surface area contributed by atoms with Gasteiger partial charge in [0.05, 0.1) is 11.1 Å². The Morgan fingerprint density at radius 1 is 1.19 bits per heavy atom. The third-order valence-corrected chi connectivity index (χ3v) is 7.09. The number of thioether (sulfide) groups is 1. The van der Waals surface area contributed by atoms with Crippen molar-refractivity contribution in [2.75, 3.05) is 0 Å². The number of carboxylic acids is 1. The van der Waals surface area contributed by atoms with Crippen molar-refractivity contribution in [3.05, 3.63) is 79.8 Å². The van der Waals surface area contributed by atoms with Gasteiger partial charge in [0.1, 0.15) is 22.1 Å². The van der Waals surface area contributed by atoms with Crippen LogP contribution in [-0.2, 0) is 10.3 Å². The van der Waals surface area contributed by atoms with Gasteiger partial charge < -0.3 is 10.0 Å². The molecule has 0 aliphatic carbocycles. The van der Waals surface area contributed by atoms with E-state index in [4.69, 9.17) is 28.2 Å². The van der Waals surface area contributed by atoms with Crippen LogP contribution in [0.2, 0.25) is 10.0 Å². The van der Waals surface area contributed by atoms with E-state index in [-0.39, 0.29) is 26.4 Å². The molecule has 2 aromatic rings. The average Bonchev–Trinajstić information content (AvgIpc) is 3.16. The first kappa shape index (κ1) is 22.1. The molecule has 0 radical (unpaired) electrons. The monoisotopic (exact) mass is 482 g/mol. The lowest BCUT2D eigenvalue weighted by atomic mass is 9.80. The topological polar surface area (TPSA) is 52.9 Å². The zero-order chi connectivity index (χ0) is 22.7. The lowest BCUT2D eigenvalue weighted by molar-refractivity contribution is -0.131. The van der Waals surface area contributed by atoms with Crippen LogP contribution in [0.3, 0.4) is 0 Å². The molecule has 31 heavy (non-hydrogen) atoms. The number of fused-ring (bicyclic) bond motifs is 1. The molecule has 0 amide bonds. The number of amidine groups is 1. The van der Waals surface area contributed by atoms with Crippen molar-refractivity contribution in [1.82, 2.24) is 4.90 Å². The number of allylic oxidation sites excluding steroid dienone is 1. The number of rotatable bonds is 4. The number of benzene rings is 2. The van der Waals surface area contributed by atoms with Crippen molar-refractivity contribution in [2.24, 2.45) is 10.9 Å². The van der Waals surface area contributed by atoms with Crippen molar-refractivity contribution in [1.29, 1.82) is 0 Å². The van der Waals surface area contributed by atoms with Crippen LogP contribution >= 0.6 is 35.0 Å². The third kappa shape index (κ3) is 3.52. The Morgan fingerprint density at radius 2 is 1.90 bits per heavy atom. The number of hydrogen-bond donors (Lipinski definition) is 1. The predicted octanol–water partition coefficient (Wildman–Crippen LogP) is 6.60. The molecule has 9 heteroatoms. The Bertz CT molecular complexity index is 1170. The maximum absolute atomic E-state index is 15.0. The molecule has 2 atom stereocenters. The number of carboxylic acid groups (broad SMARTS) is 1. The number of aliphatic imine (C=N–C) groups is 1. The summed E-state index contributed by atoms with van der Waals surface area (Å²) in [6, 6.07) is 8.03. The van der Waals surface area contributed by atoms with Gasteiger partial charge >= 0.3 is 5.97 Å². The van der Waals surface area contributed by atoms with Crippen molar-refractivity contribution in [3.63, 3.8) is 0 Å². The minimum atomic E-state index is -1.17. The molecule has 2 aromatic carbocycles. The summed E-state index contributed by atoms with van der Waals surface area (Å²) < 4.78 is 29.5. The summed E-state index contributed by atoms with van der Waals surface area (Å²) in [5.74, 6) is -2.39. The maximum atomic E-state index is 15.0. The average molecular weight is 483 g/mol. The summed E-state index contributed by atoms with van der Waals surface area (Å²) >= 11 is 12.9. The molecule has 2 aliphatic heterocycles. The van der Waals surface area contributed by atoms with E-state index < -0.39 is 29.2 Å². The van der Waals surface area contributed by atoms with Gasteiger partial charge in [-0.15, -0.1) is 0 Å². The normalized spacial score (nSPS) is 22.9. The SMILES string of the molecule is CC(C)C1=C(C(=O)O)SC2=N[C@@](C)(c3ccc(Cl)cc3F)[C@@H](c3ccc(Cl)c(F)c3)N21. The van der Waals surface area contributed by atoms with E-state index in [1.165, 1.54) is 18.2 Å². The molecule has 0 saturated carbocycles. The number of hydrogen-bond acceptors (Lipinski definition) is 4. The Kier molecular flexibility index (Phi) is 5.56. The summed E-state index contributed by atoms with van der Waals surface area (Å²) in [4.78, 5) is 18.6. The molecule has 4 nitrogen and oxygen atoms in total. The second-order valence-electron chi connectivity index (χ2n) is 7.89. The molecule has 4 rings (SSSR count). The molecular weight excluding hydrogens is 465 g/mol. The fourth-order valence-corrected chi connectivity index (χ4v) is 5.72. The van der Waals surface area contributed by atoms with Crippen molar-refractivity contribution in [3.8, 4) is 0 Å². The van der Waals surface area contributed by atoms with Crippen molar-refractivity contribution < 1.29 is 18.7 Å². The second kappa shape index (κ2) is 7.80. The standard InChI is InChI=1S/C22H18Cl2F2N2O2S/c1-10(2)17-18(20(29)30)31-21-27-22(3,13-6-5-12(23)9-15(13)25)19(28(17)21)11-4-7-14(24)16(26)8-11/h4-10,19H,1-3H3,(H,29,30)/t19-,22+/m1/s1. The van der Waals surface area contributed by atoms with Crippen molar-refractivity contribution in [2.45, 2.75) is 32.4 Å². The van der Waals surface area contributed by atoms with Gasteiger partial charge in [-0.05, 0) is 54.4 Å². The minimum absolute atomic E-state index is 0.0380. The van der Waals surface area contributed by atoms with Gasteiger partial charge in [0.2, 0.25) is 0 Å². The first-order chi connectivity index (χ1) is 14.5. The van der Waals surface area contributed by atoms with Crippen LogP contribution in [0.5, 0.6) is 0 Å². The maximum Gasteiger partial charge on any atom is 0.344 e. The zero-order valence-corrected chi connectivity index (χ0v) is 19.1. The van der Waals surface area contributed by atoms with Crippen LogP contribution in [0.25, 0.3) is 0 Å². The summed E-state index contributed by atoms with van der Waals surface area (Å²) in [6.45, 7) is 5.50. The van der Waals surface area contributed by atoms with E-state index in [0.29, 0.717) is 16.4 Å². The molecule has 1 N–H and O–H groups in total. The van der Waals surface area contributed by atoms with Crippen LogP contribution < -0.4 is 0 Å². The molecule has 0 unspecified atom stereocenters. The fraction of sp³-hybridized carbons (Fsp3) is 0.273. The molecule has 0 fully saturated rings. The Morgan fingerprint density at radius 3 is 2.48 bits per heavy atom. The van der Waals surface area contributed by atoms with Crippen LogP contribution in [0.4, 0.5) is 8.78 Å².